The van der Waals surface area contributed by atoms with Crippen LogP contribution in [0.25, 0.3) is 0 Å². The Hall–Kier alpha value is -0.690. The van der Waals surface area contributed by atoms with Crippen molar-refractivity contribution in [1.29, 1.82) is 0 Å². The Morgan fingerprint density at radius 3 is 2.31 bits per heavy atom. The first-order valence-electron chi connectivity index (χ1n) is 4.63. The monoisotopic (exact) mass is 200 g/mol. The number of halogens is 1. The summed E-state index contributed by atoms with van der Waals surface area (Å²) in [6.45, 7) is 7.91. The molecule has 0 atom stereocenters. The first-order valence-corrected chi connectivity index (χ1v) is 5.01. The van der Waals surface area contributed by atoms with E-state index >= 15 is 0 Å². The van der Waals surface area contributed by atoms with E-state index in [1.54, 1.807) is 6.07 Å². The summed E-state index contributed by atoms with van der Waals surface area (Å²) < 4.78 is 0. The third-order valence-corrected chi connectivity index (χ3v) is 2.10. The number of aryl methyl sites for hydroxylation is 2. The van der Waals surface area contributed by atoms with Crippen molar-refractivity contribution in [3.63, 3.8) is 0 Å². The summed E-state index contributed by atoms with van der Waals surface area (Å²) in [4.78, 5) is 0. The van der Waals surface area contributed by atoms with Crippen LogP contribution in [0.4, 0.5) is 0 Å². The molecule has 1 N–H and O–H groups in total. The van der Waals surface area contributed by atoms with Crippen molar-refractivity contribution in [2.24, 2.45) is 0 Å². The van der Waals surface area contributed by atoms with Gasteiger partial charge in [0.1, 0.15) is 5.75 Å². The fourth-order valence-corrected chi connectivity index (χ4v) is 1.29. The summed E-state index contributed by atoms with van der Waals surface area (Å²) in [6.07, 6.45) is 0.903. The number of phenolic OH excluding ortho intramolecular Hbond substituents is 1. The third kappa shape index (κ3) is 3.27. The second-order valence-corrected chi connectivity index (χ2v) is 2.99. The van der Waals surface area contributed by atoms with Crippen LogP contribution in [0.2, 0.25) is 5.02 Å². The maximum atomic E-state index is 9.24. The minimum absolute atomic E-state index is 0.271. The quantitative estimate of drug-likeness (QED) is 0.728. The van der Waals surface area contributed by atoms with E-state index in [0.29, 0.717) is 5.02 Å². The van der Waals surface area contributed by atoms with Crippen LogP contribution in [0.5, 0.6) is 5.75 Å². The third-order valence-electron chi connectivity index (χ3n) is 1.75. The Balaban J connectivity index is 0.000000671. The zero-order valence-corrected chi connectivity index (χ0v) is 9.44. The van der Waals surface area contributed by atoms with Crippen LogP contribution in [0, 0.1) is 6.92 Å². The maximum absolute atomic E-state index is 9.24. The highest BCUT2D eigenvalue weighted by Crippen LogP contribution is 2.25. The highest BCUT2D eigenvalue weighted by atomic mass is 35.5. The number of benzene rings is 1. The molecule has 0 amide bonds. The molecule has 1 rings (SSSR count). The lowest BCUT2D eigenvalue weighted by molar-refractivity contribution is 0.471. The Morgan fingerprint density at radius 1 is 1.31 bits per heavy atom. The van der Waals surface area contributed by atoms with Gasteiger partial charge in [-0.2, -0.15) is 0 Å². The molecule has 13 heavy (non-hydrogen) atoms. The predicted molar refractivity (Wildman–Crippen MR) is 58.6 cm³/mol. The van der Waals surface area contributed by atoms with Gasteiger partial charge in [0.2, 0.25) is 0 Å². The lowest BCUT2D eigenvalue weighted by Gasteiger charge is -2.04. The highest BCUT2D eigenvalue weighted by Gasteiger charge is 2.02. The summed E-state index contributed by atoms with van der Waals surface area (Å²) >= 11 is 5.84. The fraction of sp³-hybridized carbons (Fsp3) is 0.455. The minimum Gasteiger partial charge on any atom is -0.508 e. The standard InChI is InChI=1S/C9H11ClO.C2H6/c1-3-7-4-6(2)9(11)5-8(7)10;1-2/h4-5,11H,3H2,1-2H3;1-2H3. The average molecular weight is 201 g/mol. The molecule has 1 aromatic rings. The van der Waals surface area contributed by atoms with E-state index in [1.165, 1.54) is 0 Å². The van der Waals surface area contributed by atoms with Gasteiger partial charge in [0.15, 0.2) is 0 Å². The first kappa shape index (κ1) is 12.3. The van der Waals surface area contributed by atoms with E-state index in [1.807, 2.05) is 33.8 Å². The van der Waals surface area contributed by atoms with Gasteiger partial charge in [-0.25, -0.2) is 0 Å². The van der Waals surface area contributed by atoms with Gasteiger partial charge >= 0.3 is 0 Å². The molecule has 0 heterocycles. The SMILES string of the molecule is CC.CCc1cc(C)c(O)cc1Cl. The van der Waals surface area contributed by atoms with Gasteiger partial charge in [0.05, 0.1) is 0 Å². The Labute approximate surface area is 85.4 Å². The van der Waals surface area contributed by atoms with E-state index in [-0.39, 0.29) is 5.75 Å². The highest BCUT2D eigenvalue weighted by molar-refractivity contribution is 6.31. The molecular weight excluding hydrogens is 184 g/mol. The van der Waals surface area contributed by atoms with Gasteiger partial charge in [0.25, 0.3) is 0 Å². The normalized spacial score (nSPS) is 9.00. The number of rotatable bonds is 1. The largest absolute Gasteiger partial charge is 0.508 e. The van der Waals surface area contributed by atoms with Gasteiger partial charge in [-0.1, -0.05) is 38.4 Å². The van der Waals surface area contributed by atoms with Crippen LogP contribution in [-0.4, -0.2) is 5.11 Å². The van der Waals surface area contributed by atoms with Gasteiger partial charge < -0.3 is 5.11 Å². The van der Waals surface area contributed by atoms with Gasteiger partial charge in [-0.15, -0.1) is 0 Å². The van der Waals surface area contributed by atoms with Crippen molar-refractivity contribution in [2.75, 3.05) is 0 Å². The minimum atomic E-state index is 0.271. The van der Waals surface area contributed by atoms with Crippen LogP contribution >= 0.6 is 11.6 Å². The second-order valence-electron chi connectivity index (χ2n) is 2.58. The van der Waals surface area contributed by atoms with E-state index in [2.05, 4.69) is 0 Å². The molecule has 0 aliphatic heterocycles. The van der Waals surface area contributed by atoms with Crippen molar-refractivity contribution in [2.45, 2.75) is 34.1 Å². The molecule has 74 valence electrons. The molecule has 0 aliphatic rings. The summed E-state index contributed by atoms with van der Waals surface area (Å²) in [6, 6.07) is 3.51. The lowest BCUT2D eigenvalue weighted by atomic mass is 10.1. The zero-order valence-electron chi connectivity index (χ0n) is 8.69. The molecule has 0 saturated heterocycles. The van der Waals surface area contributed by atoms with Gasteiger partial charge in [-0.05, 0) is 30.5 Å². The Bertz CT molecular complexity index is 269. The van der Waals surface area contributed by atoms with E-state index in [9.17, 15) is 5.11 Å². The second kappa shape index (κ2) is 5.87. The van der Waals surface area contributed by atoms with Crippen LogP contribution in [0.3, 0.4) is 0 Å². The first-order chi connectivity index (χ1) is 6.15. The summed E-state index contributed by atoms with van der Waals surface area (Å²) in [5, 5.41) is 9.88. The van der Waals surface area contributed by atoms with Gasteiger partial charge in [0, 0.05) is 5.02 Å². The molecule has 0 radical (unpaired) electrons. The number of hydrogen-bond donors (Lipinski definition) is 1. The molecule has 1 nitrogen and oxygen atoms in total. The van der Waals surface area contributed by atoms with Crippen molar-refractivity contribution in [3.05, 3.63) is 28.3 Å². The molecule has 0 aromatic heterocycles. The van der Waals surface area contributed by atoms with Crippen LogP contribution in [-0.2, 0) is 6.42 Å². The number of phenols is 1. The topological polar surface area (TPSA) is 20.2 Å². The molecule has 0 unspecified atom stereocenters. The van der Waals surface area contributed by atoms with Crippen LogP contribution < -0.4 is 0 Å². The smallest absolute Gasteiger partial charge is 0.119 e. The number of hydrogen-bond acceptors (Lipinski definition) is 1. The van der Waals surface area contributed by atoms with Crippen molar-refractivity contribution < 1.29 is 5.11 Å². The molecule has 0 fully saturated rings. The molecule has 2 heteroatoms. The van der Waals surface area contributed by atoms with Gasteiger partial charge in [-0.3, -0.25) is 0 Å². The predicted octanol–water partition coefficient (Wildman–Crippen LogP) is 3.94. The van der Waals surface area contributed by atoms with Crippen molar-refractivity contribution in [1.82, 2.24) is 0 Å². The Kier molecular flexibility index (Phi) is 5.56. The molecule has 0 saturated carbocycles. The Morgan fingerprint density at radius 2 is 1.85 bits per heavy atom. The molecule has 0 spiro atoms. The fourth-order valence-electron chi connectivity index (χ4n) is 1.00. The maximum Gasteiger partial charge on any atom is 0.119 e. The average Bonchev–Trinajstić information content (AvgIpc) is 2.15. The summed E-state index contributed by atoms with van der Waals surface area (Å²) in [7, 11) is 0. The van der Waals surface area contributed by atoms with Crippen LogP contribution in [0.15, 0.2) is 12.1 Å². The molecule has 0 bridgehead atoms. The van der Waals surface area contributed by atoms with Crippen molar-refractivity contribution >= 4 is 11.6 Å². The zero-order chi connectivity index (χ0) is 10.4. The molecule has 1 aromatic carbocycles. The summed E-state index contributed by atoms with van der Waals surface area (Å²) in [5.74, 6) is 0.271. The van der Waals surface area contributed by atoms with Crippen molar-refractivity contribution in [3.8, 4) is 5.75 Å². The lowest BCUT2D eigenvalue weighted by Crippen LogP contribution is -1.84. The van der Waals surface area contributed by atoms with E-state index in [0.717, 1.165) is 17.5 Å². The molecular formula is C11H17ClO. The number of aromatic hydroxyl groups is 1. The van der Waals surface area contributed by atoms with E-state index < -0.39 is 0 Å². The van der Waals surface area contributed by atoms with E-state index in [4.69, 9.17) is 11.6 Å². The van der Waals surface area contributed by atoms with Crippen LogP contribution in [0.1, 0.15) is 31.9 Å². The molecule has 0 aliphatic carbocycles. The summed E-state index contributed by atoms with van der Waals surface area (Å²) in [5.41, 5.74) is 1.97.